The van der Waals surface area contributed by atoms with Gasteiger partial charge < -0.3 is 0 Å². The van der Waals surface area contributed by atoms with E-state index in [1.165, 1.54) is 0 Å². The molecule has 0 aromatic carbocycles. The number of rotatable bonds is 2. The van der Waals surface area contributed by atoms with Gasteiger partial charge in [0.2, 0.25) is 0 Å². The third kappa shape index (κ3) is 0.865. The summed E-state index contributed by atoms with van der Waals surface area (Å²) in [7, 11) is 0. The van der Waals surface area contributed by atoms with E-state index in [1.807, 2.05) is 0 Å². The molecule has 1 saturated carbocycles. The molecular weight excluding hydrogens is 119 g/mol. The molecule has 1 fully saturated rings. The second-order valence-corrected chi connectivity index (χ2v) is 2.87. The minimum absolute atomic E-state index is 0.0648. The third-order valence-electron chi connectivity index (χ3n) is 2.09. The Kier molecular flexibility index (Phi) is 1.34. The zero-order valence-corrected chi connectivity index (χ0v) is 5.78. The Labute approximate surface area is 54.3 Å². The van der Waals surface area contributed by atoms with Crippen molar-refractivity contribution < 1.29 is 9.18 Å². The number of ketones is 1. The highest BCUT2D eigenvalue weighted by atomic mass is 19.1. The van der Waals surface area contributed by atoms with Crippen LogP contribution in [-0.2, 0) is 4.79 Å². The molecule has 9 heavy (non-hydrogen) atoms. The summed E-state index contributed by atoms with van der Waals surface area (Å²) >= 11 is 0. The first kappa shape index (κ1) is 6.72. The molecule has 0 bridgehead atoms. The molecule has 0 spiro atoms. The minimum atomic E-state index is -0.857. The van der Waals surface area contributed by atoms with E-state index in [2.05, 4.69) is 0 Å². The van der Waals surface area contributed by atoms with Crippen LogP contribution >= 0.6 is 0 Å². The van der Waals surface area contributed by atoms with E-state index >= 15 is 0 Å². The zero-order chi connectivity index (χ0) is 7.07. The van der Waals surface area contributed by atoms with Crippen LogP contribution in [0, 0.1) is 5.41 Å². The standard InChI is InChI=1S/C7H11FO/c1-3-6(9)7(2)4-5(7)8/h5H,3-4H2,1-2H3. The van der Waals surface area contributed by atoms with Crippen molar-refractivity contribution in [3.05, 3.63) is 0 Å². The lowest BCUT2D eigenvalue weighted by atomic mass is 10.0. The predicted molar refractivity (Wildman–Crippen MR) is 32.9 cm³/mol. The van der Waals surface area contributed by atoms with Crippen LogP contribution in [-0.4, -0.2) is 12.0 Å². The minimum Gasteiger partial charge on any atom is -0.299 e. The summed E-state index contributed by atoms with van der Waals surface area (Å²) in [4.78, 5) is 10.9. The average Bonchev–Trinajstić information content (AvgIpc) is 2.41. The van der Waals surface area contributed by atoms with Crippen molar-refractivity contribution in [3.8, 4) is 0 Å². The van der Waals surface area contributed by atoms with Crippen LogP contribution in [0.4, 0.5) is 4.39 Å². The Morgan fingerprint density at radius 3 is 2.44 bits per heavy atom. The van der Waals surface area contributed by atoms with Crippen LogP contribution in [0.1, 0.15) is 26.7 Å². The molecule has 0 aromatic rings. The Balaban J connectivity index is 2.53. The first-order valence-corrected chi connectivity index (χ1v) is 3.28. The number of hydrogen-bond donors (Lipinski definition) is 0. The van der Waals surface area contributed by atoms with E-state index in [0.717, 1.165) is 0 Å². The van der Waals surface area contributed by atoms with Crippen LogP contribution < -0.4 is 0 Å². The van der Waals surface area contributed by atoms with Crippen LogP contribution in [0.3, 0.4) is 0 Å². The van der Waals surface area contributed by atoms with Crippen molar-refractivity contribution in [2.45, 2.75) is 32.9 Å². The lowest BCUT2D eigenvalue weighted by Crippen LogP contribution is -2.12. The molecule has 1 rings (SSSR count). The molecule has 52 valence electrons. The van der Waals surface area contributed by atoms with Crippen molar-refractivity contribution in [2.75, 3.05) is 0 Å². The van der Waals surface area contributed by atoms with Crippen LogP contribution in [0.2, 0.25) is 0 Å². The summed E-state index contributed by atoms with van der Waals surface area (Å²) in [5.74, 6) is 0.0648. The van der Waals surface area contributed by atoms with Crippen LogP contribution in [0.15, 0.2) is 0 Å². The molecule has 0 aromatic heterocycles. The number of halogens is 1. The van der Waals surface area contributed by atoms with Gasteiger partial charge in [-0.2, -0.15) is 0 Å². The van der Waals surface area contributed by atoms with E-state index in [0.29, 0.717) is 12.8 Å². The van der Waals surface area contributed by atoms with Crippen LogP contribution in [0.5, 0.6) is 0 Å². The van der Waals surface area contributed by atoms with E-state index < -0.39 is 11.6 Å². The van der Waals surface area contributed by atoms with Gasteiger partial charge in [-0.25, -0.2) is 4.39 Å². The molecule has 0 saturated heterocycles. The normalized spacial score (nSPS) is 40.6. The number of Topliss-reactive ketones (excluding diaryl/α,β-unsaturated/α-hetero) is 1. The topological polar surface area (TPSA) is 17.1 Å². The van der Waals surface area contributed by atoms with Crippen molar-refractivity contribution in [1.29, 1.82) is 0 Å². The van der Waals surface area contributed by atoms with E-state index in [4.69, 9.17) is 0 Å². The van der Waals surface area contributed by atoms with Gasteiger partial charge in [0.25, 0.3) is 0 Å². The quantitative estimate of drug-likeness (QED) is 0.556. The second-order valence-electron chi connectivity index (χ2n) is 2.87. The molecule has 1 aliphatic rings. The number of carbonyl (C=O) groups is 1. The maximum absolute atomic E-state index is 12.4. The van der Waals surface area contributed by atoms with Crippen LogP contribution in [0.25, 0.3) is 0 Å². The van der Waals surface area contributed by atoms with Gasteiger partial charge in [0.1, 0.15) is 12.0 Å². The average molecular weight is 130 g/mol. The largest absolute Gasteiger partial charge is 0.299 e. The molecule has 1 aliphatic carbocycles. The molecule has 1 nitrogen and oxygen atoms in total. The van der Waals surface area contributed by atoms with Gasteiger partial charge in [0.15, 0.2) is 0 Å². The summed E-state index contributed by atoms with van der Waals surface area (Å²) < 4.78 is 12.4. The fourth-order valence-corrected chi connectivity index (χ4v) is 1.01. The predicted octanol–water partition coefficient (Wildman–Crippen LogP) is 1.71. The monoisotopic (exact) mass is 130 g/mol. The fraction of sp³-hybridized carbons (Fsp3) is 0.857. The van der Waals surface area contributed by atoms with Gasteiger partial charge in [-0.1, -0.05) is 6.92 Å². The van der Waals surface area contributed by atoms with Gasteiger partial charge in [-0.05, 0) is 13.3 Å². The van der Waals surface area contributed by atoms with Gasteiger partial charge >= 0.3 is 0 Å². The van der Waals surface area contributed by atoms with Gasteiger partial charge in [0.05, 0.1) is 5.41 Å². The van der Waals surface area contributed by atoms with E-state index in [1.54, 1.807) is 13.8 Å². The number of alkyl halides is 1. The SMILES string of the molecule is CCC(=O)C1(C)CC1F. The van der Waals surface area contributed by atoms with Gasteiger partial charge in [-0.3, -0.25) is 4.79 Å². The summed E-state index contributed by atoms with van der Waals surface area (Å²) in [5.41, 5.74) is -0.589. The lowest BCUT2D eigenvalue weighted by Gasteiger charge is -2.01. The van der Waals surface area contributed by atoms with E-state index in [9.17, 15) is 9.18 Å². The molecular formula is C7H11FO. The number of carbonyl (C=O) groups excluding carboxylic acids is 1. The first-order valence-electron chi connectivity index (χ1n) is 3.28. The molecule has 0 N–H and O–H groups in total. The van der Waals surface area contributed by atoms with E-state index in [-0.39, 0.29) is 5.78 Å². The highest BCUT2D eigenvalue weighted by Gasteiger charge is 2.55. The molecule has 0 amide bonds. The van der Waals surface area contributed by atoms with Crippen molar-refractivity contribution >= 4 is 5.78 Å². The second kappa shape index (κ2) is 1.79. The van der Waals surface area contributed by atoms with Gasteiger partial charge in [0, 0.05) is 6.42 Å². The molecule has 2 atom stereocenters. The summed E-state index contributed by atoms with van der Waals surface area (Å²) in [5, 5.41) is 0. The highest BCUT2D eigenvalue weighted by Crippen LogP contribution is 2.49. The Morgan fingerprint density at radius 1 is 1.89 bits per heavy atom. The Hall–Kier alpha value is -0.400. The zero-order valence-electron chi connectivity index (χ0n) is 5.78. The summed E-state index contributed by atoms with van der Waals surface area (Å²) in [6, 6.07) is 0. The lowest BCUT2D eigenvalue weighted by molar-refractivity contribution is -0.123. The highest BCUT2D eigenvalue weighted by molar-refractivity contribution is 5.87. The Morgan fingerprint density at radius 2 is 2.33 bits per heavy atom. The maximum Gasteiger partial charge on any atom is 0.141 e. The summed E-state index contributed by atoms with van der Waals surface area (Å²) in [6.45, 7) is 3.47. The molecule has 2 unspecified atom stereocenters. The smallest absolute Gasteiger partial charge is 0.141 e. The molecule has 0 aliphatic heterocycles. The Bertz CT molecular complexity index is 144. The van der Waals surface area contributed by atoms with Crippen molar-refractivity contribution in [2.24, 2.45) is 5.41 Å². The van der Waals surface area contributed by atoms with Crippen molar-refractivity contribution in [3.63, 3.8) is 0 Å². The summed E-state index contributed by atoms with van der Waals surface area (Å²) in [6.07, 6.45) is 0.0568. The number of hydrogen-bond acceptors (Lipinski definition) is 1. The molecule has 0 radical (unpaired) electrons. The fourth-order valence-electron chi connectivity index (χ4n) is 1.01. The van der Waals surface area contributed by atoms with Gasteiger partial charge in [-0.15, -0.1) is 0 Å². The van der Waals surface area contributed by atoms with Crippen molar-refractivity contribution in [1.82, 2.24) is 0 Å². The molecule has 2 heteroatoms. The maximum atomic E-state index is 12.4. The first-order chi connectivity index (χ1) is 4.11. The molecule has 0 heterocycles. The third-order valence-corrected chi connectivity index (χ3v) is 2.09.